The van der Waals surface area contributed by atoms with Gasteiger partial charge in [-0.05, 0) is 37.1 Å². The quantitative estimate of drug-likeness (QED) is 0.372. The van der Waals surface area contributed by atoms with Crippen molar-refractivity contribution < 1.29 is 19.5 Å². The molecular formula is C17H17BrN2O4S2. The van der Waals surface area contributed by atoms with E-state index in [1.54, 1.807) is 13.0 Å². The third-order valence-electron chi connectivity index (χ3n) is 3.62. The van der Waals surface area contributed by atoms with Crippen LogP contribution in [0, 0.1) is 0 Å². The van der Waals surface area contributed by atoms with Crippen LogP contribution in [0.4, 0.5) is 0 Å². The van der Waals surface area contributed by atoms with E-state index in [9.17, 15) is 14.4 Å². The van der Waals surface area contributed by atoms with Crippen molar-refractivity contribution in [3.05, 3.63) is 39.2 Å². The number of carboxylic acid groups (broad SMARTS) is 1. The Kier molecular flexibility index (Phi) is 7.36. The minimum Gasteiger partial charge on any atom is -0.481 e. The standard InChI is InChI=1S/C17H17BrN2O4S2/c1-10(15(23)19-8-2-3-14(21)22)20-16(24)13(26-17(20)25)9-11-4-6-12(18)7-5-11/h4-7,9-10H,2-3,8H2,1H3,(H,19,23)(H,21,22)/b13-9-. The second kappa shape index (κ2) is 9.29. The molecule has 2 amide bonds. The normalized spacial score (nSPS) is 16.8. The molecule has 1 saturated heterocycles. The van der Waals surface area contributed by atoms with Gasteiger partial charge < -0.3 is 10.4 Å². The number of thioether (sulfide) groups is 1. The van der Waals surface area contributed by atoms with E-state index in [0.717, 1.165) is 21.8 Å². The van der Waals surface area contributed by atoms with Gasteiger partial charge in [-0.1, -0.05) is 52.0 Å². The Morgan fingerprint density at radius 2 is 2.04 bits per heavy atom. The molecule has 6 nitrogen and oxygen atoms in total. The van der Waals surface area contributed by atoms with Gasteiger partial charge in [0.15, 0.2) is 0 Å². The first-order valence-corrected chi connectivity index (χ1v) is 9.83. The molecule has 1 aliphatic heterocycles. The molecule has 1 fully saturated rings. The van der Waals surface area contributed by atoms with E-state index in [1.807, 2.05) is 24.3 Å². The first-order valence-electron chi connectivity index (χ1n) is 7.81. The summed E-state index contributed by atoms with van der Waals surface area (Å²) in [7, 11) is 0. The predicted molar refractivity (Wildman–Crippen MR) is 108 cm³/mol. The Hall–Kier alpha value is -1.71. The number of rotatable bonds is 7. The van der Waals surface area contributed by atoms with Crippen LogP contribution in [0.5, 0.6) is 0 Å². The van der Waals surface area contributed by atoms with Crippen LogP contribution < -0.4 is 5.32 Å². The van der Waals surface area contributed by atoms with Crippen LogP contribution in [0.3, 0.4) is 0 Å². The Balaban J connectivity index is 2.02. The average Bonchev–Trinajstić information content (AvgIpc) is 2.86. The SMILES string of the molecule is CC(C(=O)NCCCC(=O)O)N1C(=O)/C(=C/c2ccc(Br)cc2)SC1=S. The Morgan fingerprint density at radius 1 is 1.38 bits per heavy atom. The average molecular weight is 457 g/mol. The van der Waals surface area contributed by atoms with Gasteiger partial charge in [-0.3, -0.25) is 19.3 Å². The van der Waals surface area contributed by atoms with Gasteiger partial charge in [0.2, 0.25) is 5.91 Å². The topological polar surface area (TPSA) is 86.7 Å². The highest BCUT2D eigenvalue weighted by Crippen LogP contribution is 2.34. The first-order chi connectivity index (χ1) is 12.3. The molecule has 26 heavy (non-hydrogen) atoms. The van der Waals surface area contributed by atoms with Crippen LogP contribution in [0.1, 0.15) is 25.3 Å². The summed E-state index contributed by atoms with van der Waals surface area (Å²) in [5.41, 5.74) is 0.861. The molecule has 0 aliphatic carbocycles. The number of halogens is 1. The lowest BCUT2D eigenvalue weighted by Crippen LogP contribution is -2.47. The van der Waals surface area contributed by atoms with Crippen LogP contribution in [0.15, 0.2) is 33.6 Å². The Labute approximate surface area is 169 Å². The number of nitrogens with zero attached hydrogens (tertiary/aromatic N) is 1. The summed E-state index contributed by atoms with van der Waals surface area (Å²) >= 11 is 9.78. The fraction of sp³-hybridized carbons (Fsp3) is 0.294. The van der Waals surface area contributed by atoms with Crippen LogP contribution in [0.2, 0.25) is 0 Å². The van der Waals surface area contributed by atoms with Crippen molar-refractivity contribution in [1.29, 1.82) is 0 Å². The molecule has 1 aromatic carbocycles. The molecule has 0 aromatic heterocycles. The number of amides is 2. The number of nitrogens with one attached hydrogen (secondary N) is 1. The van der Waals surface area contributed by atoms with Gasteiger partial charge >= 0.3 is 5.97 Å². The molecule has 1 unspecified atom stereocenters. The van der Waals surface area contributed by atoms with Crippen LogP contribution >= 0.6 is 39.9 Å². The molecule has 138 valence electrons. The van der Waals surface area contributed by atoms with E-state index >= 15 is 0 Å². The number of carbonyl (C=O) groups is 3. The van der Waals surface area contributed by atoms with E-state index in [1.165, 1.54) is 4.90 Å². The summed E-state index contributed by atoms with van der Waals surface area (Å²) in [4.78, 5) is 37.1. The number of benzene rings is 1. The number of aliphatic carboxylic acids is 1. The van der Waals surface area contributed by atoms with E-state index in [0.29, 0.717) is 15.6 Å². The maximum Gasteiger partial charge on any atom is 0.303 e. The van der Waals surface area contributed by atoms with Crippen molar-refractivity contribution in [2.24, 2.45) is 0 Å². The van der Waals surface area contributed by atoms with Gasteiger partial charge in [0.25, 0.3) is 5.91 Å². The maximum absolute atomic E-state index is 12.6. The number of thiocarbonyl (C=S) groups is 1. The fourth-order valence-electron chi connectivity index (χ4n) is 2.24. The fourth-order valence-corrected chi connectivity index (χ4v) is 3.92. The zero-order valence-corrected chi connectivity index (χ0v) is 17.1. The number of carbonyl (C=O) groups excluding carboxylic acids is 2. The summed E-state index contributed by atoms with van der Waals surface area (Å²) in [5.74, 6) is -1.59. The van der Waals surface area contributed by atoms with Crippen molar-refractivity contribution in [3.63, 3.8) is 0 Å². The van der Waals surface area contributed by atoms with Crippen LogP contribution in [-0.2, 0) is 14.4 Å². The second-order valence-corrected chi connectivity index (χ2v) is 8.16. The molecule has 1 aliphatic rings. The Morgan fingerprint density at radius 3 is 2.65 bits per heavy atom. The van der Waals surface area contributed by atoms with Gasteiger partial charge in [-0.25, -0.2) is 0 Å². The van der Waals surface area contributed by atoms with E-state index in [4.69, 9.17) is 17.3 Å². The molecular weight excluding hydrogens is 440 g/mol. The minimum absolute atomic E-state index is 0.0222. The van der Waals surface area contributed by atoms with Gasteiger partial charge in [0.05, 0.1) is 4.91 Å². The van der Waals surface area contributed by atoms with Gasteiger partial charge in [0.1, 0.15) is 10.4 Å². The molecule has 0 bridgehead atoms. The molecule has 1 heterocycles. The summed E-state index contributed by atoms with van der Waals surface area (Å²) in [6.45, 7) is 1.83. The highest BCUT2D eigenvalue weighted by atomic mass is 79.9. The van der Waals surface area contributed by atoms with Crippen molar-refractivity contribution in [2.45, 2.75) is 25.8 Å². The molecule has 0 radical (unpaired) electrons. The smallest absolute Gasteiger partial charge is 0.303 e. The molecule has 9 heteroatoms. The molecule has 2 N–H and O–H groups in total. The van der Waals surface area contributed by atoms with Crippen molar-refractivity contribution in [2.75, 3.05) is 6.54 Å². The maximum atomic E-state index is 12.6. The van der Waals surface area contributed by atoms with Crippen molar-refractivity contribution >= 4 is 68.1 Å². The highest BCUT2D eigenvalue weighted by molar-refractivity contribution is 9.10. The zero-order chi connectivity index (χ0) is 19.3. The van der Waals surface area contributed by atoms with Crippen molar-refractivity contribution in [1.82, 2.24) is 10.2 Å². The van der Waals surface area contributed by atoms with Crippen LogP contribution in [0.25, 0.3) is 6.08 Å². The summed E-state index contributed by atoms with van der Waals surface area (Å²) in [6.07, 6.45) is 2.05. The van der Waals surface area contributed by atoms with E-state index in [2.05, 4.69) is 21.2 Å². The van der Waals surface area contributed by atoms with Gasteiger partial charge in [-0.15, -0.1) is 0 Å². The summed E-state index contributed by atoms with van der Waals surface area (Å²) in [5, 5.41) is 11.2. The Bertz CT molecular complexity index is 765. The monoisotopic (exact) mass is 456 g/mol. The molecule has 2 rings (SSSR count). The van der Waals surface area contributed by atoms with Crippen molar-refractivity contribution in [3.8, 4) is 0 Å². The predicted octanol–water partition coefficient (Wildman–Crippen LogP) is 3.02. The number of hydrogen-bond donors (Lipinski definition) is 2. The second-order valence-electron chi connectivity index (χ2n) is 5.57. The largest absolute Gasteiger partial charge is 0.481 e. The van der Waals surface area contributed by atoms with E-state index < -0.39 is 12.0 Å². The first kappa shape index (κ1) is 20.6. The van der Waals surface area contributed by atoms with E-state index in [-0.39, 0.29) is 24.8 Å². The summed E-state index contributed by atoms with van der Waals surface area (Å²) < 4.78 is 1.27. The zero-order valence-electron chi connectivity index (χ0n) is 13.9. The highest BCUT2D eigenvalue weighted by Gasteiger charge is 2.38. The lowest BCUT2D eigenvalue weighted by molar-refractivity contribution is -0.137. The van der Waals surface area contributed by atoms with Crippen LogP contribution in [-0.4, -0.2) is 44.7 Å². The molecule has 0 spiro atoms. The molecule has 1 aromatic rings. The lowest BCUT2D eigenvalue weighted by Gasteiger charge is -2.22. The number of hydrogen-bond acceptors (Lipinski definition) is 5. The van der Waals surface area contributed by atoms with Gasteiger partial charge in [-0.2, -0.15) is 0 Å². The molecule has 1 atom stereocenters. The third kappa shape index (κ3) is 5.39. The molecule has 0 saturated carbocycles. The lowest BCUT2D eigenvalue weighted by atomic mass is 10.2. The third-order valence-corrected chi connectivity index (χ3v) is 5.48. The minimum atomic E-state index is -0.915. The number of carboxylic acids is 1. The summed E-state index contributed by atoms with van der Waals surface area (Å²) in [6, 6.07) is 6.73. The van der Waals surface area contributed by atoms with Gasteiger partial charge in [0, 0.05) is 17.4 Å².